The van der Waals surface area contributed by atoms with Gasteiger partial charge in [0, 0.05) is 16.0 Å². The maximum atomic E-state index is 13.5. The first-order valence-electron chi connectivity index (χ1n) is 11.7. The largest absolute Gasteiger partial charge is 1.00 e. The molecule has 0 bridgehead atoms. The SMILES string of the molecule is CCOc1ccc(Cl)cc1NC(=O)c1cc2ccccc2c(N=Nc2cc(S(=O)(=O)O)c(CC)cc2Cl)c1[O-].[Na+]. The van der Waals surface area contributed by atoms with E-state index in [0.717, 1.165) is 6.07 Å². The molecule has 40 heavy (non-hydrogen) atoms. The minimum absolute atomic E-state index is 0. The van der Waals surface area contributed by atoms with E-state index in [1.807, 2.05) is 0 Å². The van der Waals surface area contributed by atoms with E-state index < -0.39 is 21.8 Å². The Bertz CT molecular complexity index is 1730. The van der Waals surface area contributed by atoms with Gasteiger partial charge in [0.25, 0.3) is 16.0 Å². The van der Waals surface area contributed by atoms with Crippen LogP contribution in [0.5, 0.6) is 11.5 Å². The van der Waals surface area contributed by atoms with Gasteiger partial charge in [-0.1, -0.05) is 60.1 Å². The molecule has 0 heterocycles. The van der Waals surface area contributed by atoms with Crippen LogP contribution in [0.4, 0.5) is 17.1 Å². The zero-order valence-electron chi connectivity index (χ0n) is 21.7. The molecule has 1 amide bonds. The zero-order valence-corrected chi connectivity index (χ0v) is 26.1. The Morgan fingerprint density at radius 3 is 2.45 bits per heavy atom. The minimum Gasteiger partial charge on any atom is -0.870 e. The van der Waals surface area contributed by atoms with E-state index in [-0.39, 0.29) is 68.5 Å². The second-order valence-corrected chi connectivity index (χ2v) is 10.5. The maximum Gasteiger partial charge on any atom is 1.00 e. The molecule has 0 saturated heterocycles. The Morgan fingerprint density at radius 2 is 1.77 bits per heavy atom. The van der Waals surface area contributed by atoms with Gasteiger partial charge < -0.3 is 15.2 Å². The summed E-state index contributed by atoms with van der Waals surface area (Å²) in [4.78, 5) is 12.9. The predicted octanol–water partition coefficient (Wildman–Crippen LogP) is 4.10. The molecule has 4 aromatic rings. The van der Waals surface area contributed by atoms with Gasteiger partial charge in [0.1, 0.15) is 11.4 Å². The number of hydrogen-bond acceptors (Lipinski definition) is 7. The van der Waals surface area contributed by atoms with Gasteiger partial charge in [-0.2, -0.15) is 13.5 Å². The van der Waals surface area contributed by atoms with Crippen LogP contribution >= 0.6 is 23.2 Å². The van der Waals surface area contributed by atoms with E-state index in [4.69, 9.17) is 27.9 Å². The average molecular weight is 610 g/mol. The molecule has 0 saturated carbocycles. The Balaban J connectivity index is 0.00000441. The van der Waals surface area contributed by atoms with E-state index in [2.05, 4.69) is 15.5 Å². The van der Waals surface area contributed by atoms with Crippen molar-refractivity contribution < 1.29 is 57.2 Å². The van der Waals surface area contributed by atoms with Crippen molar-refractivity contribution in [2.24, 2.45) is 10.2 Å². The predicted molar refractivity (Wildman–Crippen MR) is 149 cm³/mol. The molecule has 0 aliphatic carbocycles. The third-order valence-electron chi connectivity index (χ3n) is 5.76. The van der Waals surface area contributed by atoms with Gasteiger partial charge in [-0.25, -0.2) is 0 Å². The standard InChI is InChI=1S/C27H23Cl2N3O6S.Na/c1-3-15-12-20(29)21(14-24(15)39(35,36)37)31-32-25-18-8-6-5-7-16(18)11-19(26(25)33)27(34)30-22-13-17(28)9-10-23(22)38-4-2;/h5-14,33H,3-4H2,1-2H3,(H,30,34)(H,35,36,37);/q;+1/p-1. The molecule has 0 spiro atoms. The van der Waals surface area contributed by atoms with E-state index in [1.54, 1.807) is 50.2 Å². The maximum absolute atomic E-state index is 13.5. The number of amides is 1. The number of ether oxygens (including phenoxy) is 1. The summed E-state index contributed by atoms with van der Waals surface area (Å²) >= 11 is 12.4. The molecule has 0 atom stereocenters. The fraction of sp³-hybridized carbons (Fsp3) is 0.148. The second-order valence-electron chi connectivity index (χ2n) is 8.29. The van der Waals surface area contributed by atoms with E-state index in [1.165, 1.54) is 18.2 Å². The topological polar surface area (TPSA) is 140 Å². The van der Waals surface area contributed by atoms with Crippen LogP contribution in [-0.4, -0.2) is 25.5 Å². The smallest absolute Gasteiger partial charge is 0.870 e. The molecular weight excluding hydrogens is 588 g/mol. The van der Waals surface area contributed by atoms with Crippen LogP contribution in [0.2, 0.25) is 10.0 Å². The monoisotopic (exact) mass is 609 g/mol. The van der Waals surface area contributed by atoms with Crippen LogP contribution in [0.1, 0.15) is 29.8 Å². The molecule has 0 aliphatic rings. The van der Waals surface area contributed by atoms with Crippen LogP contribution < -0.4 is 44.7 Å². The number of fused-ring (bicyclic) bond motifs is 1. The molecular formula is C27H22Cl2N3NaO6S. The van der Waals surface area contributed by atoms with E-state index >= 15 is 0 Å². The number of nitrogens with zero attached hydrogens (tertiary/aromatic N) is 2. The number of aryl methyl sites for hydroxylation is 1. The molecule has 4 rings (SSSR count). The molecule has 0 aliphatic heterocycles. The van der Waals surface area contributed by atoms with Gasteiger partial charge in [-0.05, 0) is 60.7 Å². The van der Waals surface area contributed by atoms with E-state index in [0.29, 0.717) is 33.7 Å². The summed E-state index contributed by atoms with van der Waals surface area (Å²) in [5, 5.41) is 25.6. The second kappa shape index (κ2) is 13.3. The Labute approximate surface area is 263 Å². The number of rotatable bonds is 8. The summed E-state index contributed by atoms with van der Waals surface area (Å²) in [7, 11) is -4.56. The fourth-order valence-electron chi connectivity index (χ4n) is 3.93. The normalized spacial score (nSPS) is 11.4. The van der Waals surface area contributed by atoms with Crippen LogP contribution in [-0.2, 0) is 16.5 Å². The number of carbonyl (C=O) groups excluding carboxylic acids is 1. The molecule has 202 valence electrons. The van der Waals surface area contributed by atoms with Crippen LogP contribution in [0, 0.1) is 0 Å². The van der Waals surface area contributed by atoms with Gasteiger partial charge in [-0.15, -0.1) is 5.11 Å². The summed E-state index contributed by atoms with van der Waals surface area (Å²) in [6.45, 7) is 3.84. The quantitative estimate of drug-likeness (QED) is 0.175. The number of nitrogens with one attached hydrogen (secondary N) is 1. The molecule has 9 nitrogen and oxygen atoms in total. The fourth-order valence-corrected chi connectivity index (χ4v) is 5.12. The number of benzene rings is 4. The average Bonchev–Trinajstić information content (AvgIpc) is 2.89. The van der Waals surface area contributed by atoms with Crippen molar-refractivity contribution in [1.82, 2.24) is 0 Å². The van der Waals surface area contributed by atoms with Crippen molar-refractivity contribution >= 4 is 67.1 Å². The number of hydrogen-bond donors (Lipinski definition) is 2. The third-order valence-corrected chi connectivity index (χ3v) is 7.23. The van der Waals surface area contributed by atoms with Crippen molar-refractivity contribution in [2.45, 2.75) is 25.2 Å². The summed E-state index contributed by atoms with van der Waals surface area (Å²) in [5.41, 5.74) is 0.128. The molecule has 0 radical (unpaired) electrons. The summed E-state index contributed by atoms with van der Waals surface area (Å²) < 4.78 is 38.9. The number of anilines is 1. The van der Waals surface area contributed by atoms with Gasteiger partial charge in [0.2, 0.25) is 0 Å². The van der Waals surface area contributed by atoms with Crippen molar-refractivity contribution in [1.29, 1.82) is 0 Å². The number of carbonyl (C=O) groups is 1. The minimum atomic E-state index is -4.56. The third kappa shape index (κ3) is 6.95. The van der Waals surface area contributed by atoms with Crippen LogP contribution in [0.15, 0.2) is 75.8 Å². The zero-order chi connectivity index (χ0) is 28.3. The summed E-state index contributed by atoms with van der Waals surface area (Å²) in [6, 6.07) is 15.4. The summed E-state index contributed by atoms with van der Waals surface area (Å²) in [5.74, 6) is -1.06. The van der Waals surface area contributed by atoms with Gasteiger partial charge in [0.05, 0.1) is 27.9 Å². The summed E-state index contributed by atoms with van der Waals surface area (Å²) in [6.07, 6.45) is 0.288. The van der Waals surface area contributed by atoms with Crippen molar-refractivity contribution in [3.05, 3.63) is 81.8 Å². The van der Waals surface area contributed by atoms with Crippen molar-refractivity contribution in [3.63, 3.8) is 0 Å². The van der Waals surface area contributed by atoms with Gasteiger partial charge >= 0.3 is 29.6 Å². The molecule has 0 aromatic heterocycles. The number of azo groups is 1. The van der Waals surface area contributed by atoms with Gasteiger partial charge in [0.15, 0.2) is 0 Å². The Kier molecular flexibility index (Phi) is 10.6. The molecule has 2 N–H and O–H groups in total. The van der Waals surface area contributed by atoms with Crippen molar-refractivity contribution in [3.8, 4) is 11.5 Å². The van der Waals surface area contributed by atoms with Gasteiger partial charge in [-0.3, -0.25) is 9.35 Å². The first-order valence-corrected chi connectivity index (χ1v) is 13.9. The van der Waals surface area contributed by atoms with Crippen LogP contribution in [0.3, 0.4) is 0 Å². The number of halogens is 2. The molecule has 4 aromatic carbocycles. The first-order chi connectivity index (χ1) is 18.5. The molecule has 0 unspecified atom stereocenters. The Morgan fingerprint density at radius 1 is 1.05 bits per heavy atom. The molecule has 13 heteroatoms. The van der Waals surface area contributed by atoms with Crippen molar-refractivity contribution in [2.75, 3.05) is 11.9 Å². The molecule has 0 fully saturated rings. The Hall–Kier alpha value is -2.70. The first kappa shape index (κ1) is 31.8. The van der Waals surface area contributed by atoms with E-state index in [9.17, 15) is 22.9 Å². The van der Waals surface area contributed by atoms with Crippen LogP contribution in [0.25, 0.3) is 10.8 Å².